The highest BCUT2D eigenvalue weighted by Gasteiger charge is 2.25. The van der Waals surface area contributed by atoms with Gasteiger partial charge in [0, 0.05) is 45.2 Å². The minimum Gasteiger partial charge on any atom is -0.357 e. The highest BCUT2D eigenvalue weighted by molar-refractivity contribution is 14.0. The summed E-state index contributed by atoms with van der Waals surface area (Å²) in [6.07, 6.45) is 2.27. The number of amides is 2. The molecule has 1 fully saturated rings. The number of nitrogens with zero attached hydrogens (tertiary/aromatic N) is 2. The number of hydrogen-bond donors (Lipinski definition) is 3. The van der Waals surface area contributed by atoms with Crippen molar-refractivity contribution in [3.8, 4) is 0 Å². The van der Waals surface area contributed by atoms with E-state index in [4.69, 9.17) is 0 Å². The molecule has 27 heavy (non-hydrogen) atoms. The van der Waals surface area contributed by atoms with Gasteiger partial charge in [0.1, 0.15) is 0 Å². The van der Waals surface area contributed by atoms with Gasteiger partial charge in [-0.25, -0.2) is 0 Å². The van der Waals surface area contributed by atoms with E-state index in [1.54, 1.807) is 0 Å². The maximum atomic E-state index is 11.9. The molecule has 9 heteroatoms. The van der Waals surface area contributed by atoms with Crippen LogP contribution < -0.4 is 16.0 Å². The van der Waals surface area contributed by atoms with Gasteiger partial charge in [-0.05, 0) is 31.2 Å². The summed E-state index contributed by atoms with van der Waals surface area (Å²) in [5, 5.41) is 11.4. The Hall–Kier alpha value is -1.36. The first kappa shape index (κ1) is 23.7. The second-order valence-corrected chi connectivity index (χ2v) is 7.12. The minimum atomic E-state index is -0.0272. The number of hydrogen-bond acceptors (Lipinski definition) is 4. The van der Waals surface area contributed by atoms with Crippen molar-refractivity contribution in [2.75, 3.05) is 32.7 Å². The third-order valence-corrected chi connectivity index (χ3v) is 5.03. The lowest BCUT2D eigenvalue weighted by Crippen LogP contribution is -2.45. The van der Waals surface area contributed by atoms with Crippen LogP contribution in [0.4, 0.5) is 0 Å². The number of halogens is 1. The Bertz CT molecular complexity index is 609. The predicted molar refractivity (Wildman–Crippen MR) is 121 cm³/mol. The maximum absolute atomic E-state index is 11.9. The average molecular weight is 507 g/mol. The van der Waals surface area contributed by atoms with Crippen molar-refractivity contribution >= 4 is 53.1 Å². The molecular weight excluding hydrogens is 477 g/mol. The van der Waals surface area contributed by atoms with E-state index in [0.29, 0.717) is 19.5 Å². The van der Waals surface area contributed by atoms with Gasteiger partial charge in [0.05, 0.1) is 4.88 Å². The summed E-state index contributed by atoms with van der Waals surface area (Å²) >= 11 is 1.44. The first-order chi connectivity index (χ1) is 12.6. The summed E-state index contributed by atoms with van der Waals surface area (Å²) in [6.45, 7) is 7.47. The van der Waals surface area contributed by atoms with Crippen LogP contribution in [0.25, 0.3) is 0 Å². The minimum absolute atomic E-state index is 0. The standard InChI is InChI=1S/C18H29N5O2S.HI/c1-3-16(24)23-11-8-14(13-23)22-18(19-4-2)21-10-6-9-20-17(25)15-7-5-12-26-15;/h5,7,12,14H,3-4,6,8-11,13H2,1-2H3,(H,20,25)(H2,19,21,22);1H. The first-order valence-electron chi connectivity index (χ1n) is 9.28. The van der Waals surface area contributed by atoms with Crippen LogP contribution in [0.1, 0.15) is 42.8 Å². The Morgan fingerprint density at radius 1 is 1.33 bits per heavy atom. The molecule has 1 aliphatic heterocycles. The largest absolute Gasteiger partial charge is 0.357 e. The number of carbonyl (C=O) groups is 2. The van der Waals surface area contributed by atoms with Gasteiger partial charge in [-0.3, -0.25) is 14.6 Å². The van der Waals surface area contributed by atoms with Crippen molar-refractivity contribution in [1.29, 1.82) is 0 Å². The monoisotopic (exact) mass is 507 g/mol. The van der Waals surface area contributed by atoms with Crippen molar-refractivity contribution in [2.24, 2.45) is 4.99 Å². The molecule has 1 unspecified atom stereocenters. The highest BCUT2D eigenvalue weighted by Crippen LogP contribution is 2.10. The zero-order chi connectivity index (χ0) is 18.8. The van der Waals surface area contributed by atoms with Gasteiger partial charge >= 0.3 is 0 Å². The van der Waals surface area contributed by atoms with Crippen molar-refractivity contribution in [2.45, 2.75) is 39.2 Å². The van der Waals surface area contributed by atoms with Gasteiger partial charge in [0.2, 0.25) is 5.91 Å². The van der Waals surface area contributed by atoms with Crippen LogP contribution in [0, 0.1) is 0 Å². The van der Waals surface area contributed by atoms with Gasteiger partial charge in [-0.1, -0.05) is 13.0 Å². The fourth-order valence-electron chi connectivity index (χ4n) is 2.81. The van der Waals surface area contributed by atoms with Crippen molar-refractivity contribution in [3.63, 3.8) is 0 Å². The molecule has 2 amide bonds. The normalized spacial score (nSPS) is 16.6. The van der Waals surface area contributed by atoms with E-state index in [9.17, 15) is 9.59 Å². The molecule has 2 rings (SSSR count). The number of rotatable bonds is 8. The van der Waals surface area contributed by atoms with Gasteiger partial charge in [-0.2, -0.15) is 0 Å². The van der Waals surface area contributed by atoms with Crippen molar-refractivity contribution in [1.82, 2.24) is 20.9 Å². The molecule has 1 aliphatic rings. The number of nitrogens with one attached hydrogen (secondary N) is 3. The molecule has 1 atom stereocenters. The highest BCUT2D eigenvalue weighted by atomic mass is 127. The van der Waals surface area contributed by atoms with Gasteiger partial charge in [0.15, 0.2) is 5.96 Å². The van der Waals surface area contributed by atoms with E-state index in [1.807, 2.05) is 36.3 Å². The summed E-state index contributed by atoms with van der Waals surface area (Å²) in [5.74, 6) is 0.950. The quantitative estimate of drug-likeness (QED) is 0.218. The zero-order valence-electron chi connectivity index (χ0n) is 16.0. The van der Waals surface area contributed by atoms with E-state index >= 15 is 0 Å². The molecule has 0 radical (unpaired) electrons. The van der Waals surface area contributed by atoms with E-state index in [1.165, 1.54) is 11.3 Å². The van der Waals surface area contributed by atoms with Crippen LogP contribution in [-0.2, 0) is 4.79 Å². The van der Waals surface area contributed by atoms with Crippen LogP contribution in [-0.4, -0.2) is 61.4 Å². The zero-order valence-corrected chi connectivity index (χ0v) is 19.1. The number of carbonyl (C=O) groups excluding carboxylic acids is 2. The van der Waals surface area contributed by atoms with E-state index in [2.05, 4.69) is 20.9 Å². The van der Waals surface area contributed by atoms with Crippen LogP contribution in [0.3, 0.4) is 0 Å². The van der Waals surface area contributed by atoms with Crippen molar-refractivity contribution in [3.05, 3.63) is 22.4 Å². The molecule has 1 saturated heterocycles. The molecule has 0 aliphatic carbocycles. The molecule has 0 bridgehead atoms. The van der Waals surface area contributed by atoms with Crippen LogP contribution in [0.2, 0.25) is 0 Å². The van der Waals surface area contributed by atoms with Crippen LogP contribution >= 0.6 is 35.3 Å². The van der Waals surface area contributed by atoms with E-state index in [-0.39, 0.29) is 41.8 Å². The maximum Gasteiger partial charge on any atom is 0.261 e. The Morgan fingerprint density at radius 3 is 2.81 bits per heavy atom. The molecule has 1 aromatic rings. The molecule has 2 heterocycles. The molecular formula is C18H30IN5O2S. The fourth-order valence-corrected chi connectivity index (χ4v) is 3.45. The average Bonchev–Trinajstić information content (AvgIpc) is 3.32. The lowest BCUT2D eigenvalue weighted by molar-refractivity contribution is -0.129. The van der Waals surface area contributed by atoms with Gasteiger partial charge in [-0.15, -0.1) is 35.3 Å². The topological polar surface area (TPSA) is 85.8 Å². The molecule has 3 N–H and O–H groups in total. The Labute approximate surface area is 182 Å². The lowest BCUT2D eigenvalue weighted by atomic mass is 10.3. The fraction of sp³-hybridized carbons (Fsp3) is 0.611. The van der Waals surface area contributed by atoms with E-state index < -0.39 is 0 Å². The molecule has 0 saturated carbocycles. The third kappa shape index (κ3) is 8.04. The van der Waals surface area contributed by atoms with E-state index in [0.717, 1.165) is 43.3 Å². The molecule has 152 valence electrons. The van der Waals surface area contributed by atoms with Gasteiger partial charge in [0.25, 0.3) is 5.91 Å². The second kappa shape index (κ2) is 12.9. The lowest BCUT2D eigenvalue weighted by Gasteiger charge is -2.18. The SMILES string of the molecule is CCNC(=NCCCNC(=O)c1cccs1)NC1CCN(C(=O)CC)C1.I. The summed E-state index contributed by atoms with van der Waals surface area (Å²) < 4.78 is 0. The Balaban J connectivity index is 0.00000364. The van der Waals surface area contributed by atoms with Crippen LogP contribution in [0.15, 0.2) is 22.5 Å². The van der Waals surface area contributed by atoms with Gasteiger partial charge < -0.3 is 20.9 Å². The summed E-state index contributed by atoms with van der Waals surface area (Å²) in [7, 11) is 0. The number of thiophene rings is 1. The number of likely N-dealkylation sites (tertiary alicyclic amines) is 1. The molecule has 7 nitrogen and oxygen atoms in total. The number of aliphatic imine (C=N–C) groups is 1. The summed E-state index contributed by atoms with van der Waals surface area (Å²) in [5.41, 5.74) is 0. The summed E-state index contributed by atoms with van der Waals surface area (Å²) in [4.78, 5) is 30.8. The molecule has 0 spiro atoms. The predicted octanol–water partition coefficient (Wildman–Crippen LogP) is 2.05. The van der Waals surface area contributed by atoms with Crippen molar-refractivity contribution < 1.29 is 9.59 Å². The van der Waals surface area contributed by atoms with Crippen LogP contribution in [0.5, 0.6) is 0 Å². The third-order valence-electron chi connectivity index (χ3n) is 4.16. The molecule has 0 aromatic carbocycles. The summed E-state index contributed by atoms with van der Waals surface area (Å²) in [6, 6.07) is 3.93. The Morgan fingerprint density at radius 2 is 2.15 bits per heavy atom. The smallest absolute Gasteiger partial charge is 0.261 e. The number of guanidine groups is 1. The second-order valence-electron chi connectivity index (χ2n) is 6.17. The first-order valence-corrected chi connectivity index (χ1v) is 10.2. The molecule has 1 aromatic heterocycles. The Kier molecular flexibility index (Phi) is 11.3.